The van der Waals surface area contributed by atoms with Crippen LogP contribution in [0.25, 0.3) is 16.6 Å². The summed E-state index contributed by atoms with van der Waals surface area (Å²) in [6.45, 7) is 0. The monoisotopic (exact) mass is 367 g/mol. The third kappa shape index (κ3) is 2.72. The number of nitrogens with zero attached hydrogens (tertiary/aromatic N) is 5. The second-order valence-corrected chi connectivity index (χ2v) is 6.66. The average Bonchev–Trinajstić information content (AvgIpc) is 3.24. The summed E-state index contributed by atoms with van der Waals surface area (Å²) in [6.07, 6.45) is 6.71. The predicted molar refractivity (Wildman–Crippen MR) is 92.6 cm³/mol. The van der Waals surface area contributed by atoms with Crippen LogP contribution in [0.5, 0.6) is 0 Å². The standard InChI is InChI=1S/C18H11F2N5S/c1-24-9-13(8-22-24)11-5-16(17-12(6-21)7-23-25(17)10-11)26-18-14(19)3-2-4-15(18)20/h2-5,7-10H,1H3. The maximum Gasteiger partial charge on any atom is 0.140 e. The Kier molecular flexibility index (Phi) is 3.93. The first-order chi connectivity index (χ1) is 12.6. The lowest BCUT2D eigenvalue weighted by Gasteiger charge is -2.09. The summed E-state index contributed by atoms with van der Waals surface area (Å²) in [4.78, 5) is 0.409. The highest BCUT2D eigenvalue weighted by molar-refractivity contribution is 7.99. The van der Waals surface area contributed by atoms with Gasteiger partial charge in [0, 0.05) is 35.5 Å². The van der Waals surface area contributed by atoms with Gasteiger partial charge in [-0.15, -0.1) is 0 Å². The lowest BCUT2D eigenvalue weighted by Crippen LogP contribution is -1.93. The molecule has 5 nitrogen and oxygen atoms in total. The topological polar surface area (TPSA) is 58.9 Å². The molecule has 0 aliphatic carbocycles. The predicted octanol–water partition coefficient (Wildman–Crippen LogP) is 4.04. The fraction of sp³-hybridized carbons (Fsp3) is 0.0556. The minimum atomic E-state index is -0.655. The number of aryl methyl sites for hydroxylation is 1. The van der Waals surface area contributed by atoms with Gasteiger partial charge >= 0.3 is 0 Å². The molecule has 4 aromatic rings. The largest absolute Gasteiger partial charge is 0.275 e. The van der Waals surface area contributed by atoms with Gasteiger partial charge in [-0.1, -0.05) is 17.8 Å². The Labute approximate surface area is 151 Å². The SMILES string of the molecule is Cn1cc(-c2cc(Sc3c(F)cccc3F)c3c(C#N)cnn3c2)cn1. The van der Waals surface area contributed by atoms with Crippen LogP contribution in [0.15, 0.2) is 58.8 Å². The van der Waals surface area contributed by atoms with Crippen LogP contribution in [0.2, 0.25) is 0 Å². The van der Waals surface area contributed by atoms with Gasteiger partial charge in [-0.25, -0.2) is 13.3 Å². The molecule has 1 aromatic carbocycles. The summed E-state index contributed by atoms with van der Waals surface area (Å²) in [6, 6.07) is 7.57. The number of nitriles is 1. The third-order valence-corrected chi connectivity index (χ3v) is 4.99. The summed E-state index contributed by atoms with van der Waals surface area (Å²) >= 11 is 0.931. The molecule has 26 heavy (non-hydrogen) atoms. The molecule has 3 heterocycles. The zero-order valence-electron chi connectivity index (χ0n) is 13.5. The van der Waals surface area contributed by atoms with E-state index in [1.54, 1.807) is 34.7 Å². The molecule has 0 amide bonds. The number of fused-ring (bicyclic) bond motifs is 1. The molecule has 0 saturated heterocycles. The van der Waals surface area contributed by atoms with Gasteiger partial charge in [0.15, 0.2) is 0 Å². The van der Waals surface area contributed by atoms with Gasteiger partial charge in [0.25, 0.3) is 0 Å². The Morgan fingerprint density at radius 1 is 1.08 bits per heavy atom. The number of rotatable bonds is 3. The number of hydrogen-bond donors (Lipinski definition) is 0. The van der Waals surface area contributed by atoms with E-state index in [9.17, 15) is 14.0 Å². The van der Waals surface area contributed by atoms with Crippen molar-refractivity contribution in [3.63, 3.8) is 0 Å². The first-order valence-electron chi connectivity index (χ1n) is 7.59. The van der Waals surface area contributed by atoms with Crippen molar-refractivity contribution in [3.8, 4) is 17.2 Å². The Balaban J connectivity index is 1.94. The van der Waals surface area contributed by atoms with E-state index in [2.05, 4.69) is 16.3 Å². The Bertz CT molecular complexity index is 1150. The van der Waals surface area contributed by atoms with Gasteiger partial charge < -0.3 is 0 Å². The summed E-state index contributed by atoms with van der Waals surface area (Å²) in [5, 5.41) is 17.7. The maximum atomic E-state index is 14.1. The van der Waals surface area contributed by atoms with Gasteiger partial charge in [-0.2, -0.15) is 15.5 Å². The normalized spacial score (nSPS) is 11.0. The molecule has 8 heteroatoms. The number of pyridine rings is 1. The fourth-order valence-corrected chi connectivity index (χ4v) is 3.70. The van der Waals surface area contributed by atoms with Crippen LogP contribution in [0.1, 0.15) is 5.56 Å². The fourth-order valence-electron chi connectivity index (χ4n) is 2.66. The summed E-state index contributed by atoms with van der Waals surface area (Å²) in [7, 11) is 1.80. The van der Waals surface area contributed by atoms with Crippen molar-refractivity contribution in [2.45, 2.75) is 9.79 Å². The lowest BCUT2D eigenvalue weighted by molar-refractivity contribution is 0.540. The molecule has 0 spiro atoms. The van der Waals surface area contributed by atoms with E-state index in [1.165, 1.54) is 24.4 Å². The van der Waals surface area contributed by atoms with Crippen LogP contribution in [0.4, 0.5) is 8.78 Å². The average molecular weight is 367 g/mol. The van der Waals surface area contributed by atoms with Crippen molar-refractivity contribution in [1.29, 1.82) is 5.26 Å². The number of halogens is 2. The molecule has 0 aliphatic rings. The van der Waals surface area contributed by atoms with Crippen LogP contribution in [-0.4, -0.2) is 19.4 Å². The summed E-state index contributed by atoms with van der Waals surface area (Å²) < 4.78 is 31.4. The second-order valence-electron chi connectivity index (χ2n) is 5.61. The molecule has 3 aromatic heterocycles. The molecule has 0 fully saturated rings. The minimum Gasteiger partial charge on any atom is -0.275 e. The van der Waals surface area contributed by atoms with Gasteiger partial charge in [0.1, 0.15) is 17.7 Å². The molecular formula is C18H11F2N5S. The molecule has 0 unspecified atom stereocenters. The summed E-state index contributed by atoms with van der Waals surface area (Å²) in [5.41, 5.74) is 2.45. The molecule has 0 saturated carbocycles. The molecular weight excluding hydrogens is 356 g/mol. The number of hydrogen-bond acceptors (Lipinski definition) is 4. The first-order valence-corrected chi connectivity index (χ1v) is 8.41. The van der Waals surface area contributed by atoms with Crippen LogP contribution < -0.4 is 0 Å². The third-order valence-electron chi connectivity index (χ3n) is 3.87. The van der Waals surface area contributed by atoms with Crippen molar-refractivity contribution in [3.05, 3.63) is 66.3 Å². The van der Waals surface area contributed by atoms with E-state index in [1.807, 2.05) is 6.20 Å². The highest BCUT2D eigenvalue weighted by Crippen LogP contribution is 2.37. The van der Waals surface area contributed by atoms with Crippen LogP contribution in [0, 0.1) is 23.0 Å². The molecule has 0 aliphatic heterocycles. The first kappa shape index (κ1) is 16.3. The van der Waals surface area contributed by atoms with Gasteiger partial charge in [0.05, 0.1) is 28.4 Å². The van der Waals surface area contributed by atoms with E-state index >= 15 is 0 Å². The van der Waals surface area contributed by atoms with Crippen LogP contribution in [-0.2, 0) is 7.05 Å². The van der Waals surface area contributed by atoms with Gasteiger partial charge in [-0.05, 0) is 18.2 Å². The van der Waals surface area contributed by atoms with Crippen molar-refractivity contribution in [2.24, 2.45) is 7.05 Å². The Morgan fingerprint density at radius 2 is 1.85 bits per heavy atom. The maximum absolute atomic E-state index is 14.1. The number of aromatic nitrogens is 4. The highest BCUT2D eigenvalue weighted by atomic mass is 32.2. The Hall–Kier alpha value is -3.18. The zero-order valence-corrected chi connectivity index (χ0v) is 14.3. The van der Waals surface area contributed by atoms with Gasteiger partial charge in [-0.3, -0.25) is 4.68 Å². The molecule has 0 atom stereocenters. The quantitative estimate of drug-likeness (QED) is 0.548. The van der Waals surface area contributed by atoms with E-state index in [4.69, 9.17) is 0 Å². The molecule has 0 radical (unpaired) electrons. The highest BCUT2D eigenvalue weighted by Gasteiger charge is 2.17. The van der Waals surface area contributed by atoms with Gasteiger partial charge in [0.2, 0.25) is 0 Å². The zero-order chi connectivity index (χ0) is 18.3. The van der Waals surface area contributed by atoms with Crippen molar-refractivity contribution in [1.82, 2.24) is 19.4 Å². The minimum absolute atomic E-state index is 0.122. The van der Waals surface area contributed by atoms with E-state index < -0.39 is 11.6 Å². The van der Waals surface area contributed by atoms with E-state index in [0.717, 1.165) is 22.9 Å². The van der Waals surface area contributed by atoms with Crippen molar-refractivity contribution < 1.29 is 8.78 Å². The molecule has 4 rings (SSSR count). The van der Waals surface area contributed by atoms with Crippen LogP contribution >= 0.6 is 11.8 Å². The molecule has 0 bridgehead atoms. The molecule has 0 N–H and O–H groups in total. The summed E-state index contributed by atoms with van der Waals surface area (Å²) in [5.74, 6) is -1.31. The van der Waals surface area contributed by atoms with Crippen molar-refractivity contribution in [2.75, 3.05) is 0 Å². The Morgan fingerprint density at radius 3 is 2.50 bits per heavy atom. The van der Waals surface area contributed by atoms with E-state index in [0.29, 0.717) is 16.0 Å². The molecule has 128 valence electrons. The second kappa shape index (κ2) is 6.28. The van der Waals surface area contributed by atoms with Crippen molar-refractivity contribution >= 4 is 17.3 Å². The lowest BCUT2D eigenvalue weighted by atomic mass is 10.1. The smallest absolute Gasteiger partial charge is 0.140 e. The van der Waals surface area contributed by atoms with E-state index in [-0.39, 0.29) is 4.90 Å². The van der Waals surface area contributed by atoms with Crippen LogP contribution in [0.3, 0.4) is 0 Å². The number of benzene rings is 1.